The van der Waals surface area contributed by atoms with Gasteiger partial charge in [-0.05, 0) is 68.4 Å². The van der Waals surface area contributed by atoms with Gasteiger partial charge in [-0.2, -0.15) is 0 Å². The van der Waals surface area contributed by atoms with Crippen molar-refractivity contribution in [3.05, 3.63) is 52.9 Å². The van der Waals surface area contributed by atoms with Crippen LogP contribution in [0.4, 0.5) is 11.5 Å². The van der Waals surface area contributed by atoms with Crippen LogP contribution in [0.3, 0.4) is 0 Å². The van der Waals surface area contributed by atoms with Gasteiger partial charge in [0.1, 0.15) is 17.1 Å². The molecule has 0 radical (unpaired) electrons. The van der Waals surface area contributed by atoms with Crippen molar-refractivity contribution in [2.75, 3.05) is 50.0 Å². The molecule has 1 aromatic carbocycles. The Morgan fingerprint density at radius 1 is 0.886 bits per heavy atom. The summed E-state index contributed by atoms with van der Waals surface area (Å²) in [6, 6.07) is 8.46. The van der Waals surface area contributed by atoms with Gasteiger partial charge in [-0.3, -0.25) is 19.2 Å². The zero-order valence-corrected chi connectivity index (χ0v) is 25.2. The van der Waals surface area contributed by atoms with E-state index in [0.717, 1.165) is 31.5 Å². The minimum Gasteiger partial charge on any atom is -0.449 e. The van der Waals surface area contributed by atoms with Gasteiger partial charge in [0.05, 0.1) is 24.7 Å². The molecule has 3 fully saturated rings. The highest BCUT2D eigenvalue weighted by molar-refractivity contribution is 6.30. The second kappa shape index (κ2) is 13.4. The third-order valence-corrected chi connectivity index (χ3v) is 8.98. The highest BCUT2D eigenvalue weighted by atomic mass is 35.5. The smallest absolute Gasteiger partial charge is 0.294 e. The van der Waals surface area contributed by atoms with E-state index in [4.69, 9.17) is 20.8 Å². The first-order valence-corrected chi connectivity index (χ1v) is 15.7. The molecule has 0 spiro atoms. The average Bonchev–Trinajstić information content (AvgIpc) is 3.71. The number of fused-ring (bicyclic) bond motifs is 1. The standard InChI is InChI=1S/C32H36ClN5O6/c33-23-8-10-26(34-19-23)35-31(41)29-28(36-30(40)21-4-6-22(7-5-21)32(42)38-11-1-2-12-38)24-17-20(3-9-25(24)44-29)18-27(39)37-13-15-43-16-14-37/h3,8-10,17,19,21-22H,1-2,4-7,11-16,18H2,(H,36,40)(H,34,35,41)/t21-,22-. The summed E-state index contributed by atoms with van der Waals surface area (Å²) in [5, 5.41) is 6.64. The Labute approximate surface area is 260 Å². The molecule has 0 bridgehead atoms. The van der Waals surface area contributed by atoms with E-state index < -0.39 is 5.91 Å². The number of ether oxygens (including phenoxy) is 1. The number of nitrogens with zero attached hydrogens (tertiary/aromatic N) is 3. The van der Waals surface area contributed by atoms with Crippen LogP contribution in [0, 0.1) is 11.8 Å². The summed E-state index contributed by atoms with van der Waals surface area (Å²) in [6.07, 6.45) is 6.17. The second-order valence-corrected chi connectivity index (χ2v) is 12.1. The number of hydrogen-bond acceptors (Lipinski definition) is 7. The third-order valence-electron chi connectivity index (χ3n) is 8.76. The molecule has 11 nitrogen and oxygen atoms in total. The van der Waals surface area contributed by atoms with Gasteiger partial charge < -0.3 is 29.6 Å². The van der Waals surface area contributed by atoms with Gasteiger partial charge in [-0.25, -0.2) is 4.98 Å². The Balaban J connectivity index is 1.22. The Bertz CT molecular complexity index is 1540. The lowest BCUT2D eigenvalue weighted by molar-refractivity contribution is -0.136. The fourth-order valence-electron chi connectivity index (χ4n) is 6.28. The van der Waals surface area contributed by atoms with E-state index in [2.05, 4.69) is 15.6 Å². The van der Waals surface area contributed by atoms with Gasteiger partial charge in [-0.1, -0.05) is 17.7 Å². The Morgan fingerprint density at radius 2 is 1.61 bits per heavy atom. The summed E-state index contributed by atoms with van der Waals surface area (Å²) in [7, 11) is 0. The molecule has 1 saturated carbocycles. The fraction of sp³-hybridized carbons (Fsp3) is 0.469. The van der Waals surface area contributed by atoms with Crippen LogP contribution < -0.4 is 10.6 Å². The number of anilines is 2. The first kappa shape index (κ1) is 30.1. The fourth-order valence-corrected chi connectivity index (χ4v) is 6.40. The number of amides is 4. The van der Waals surface area contributed by atoms with Crippen molar-refractivity contribution in [3.63, 3.8) is 0 Å². The Kier molecular flexibility index (Phi) is 9.13. The summed E-state index contributed by atoms with van der Waals surface area (Å²) >= 11 is 5.94. The molecule has 2 N–H and O–H groups in total. The molecule has 3 aliphatic rings. The number of likely N-dealkylation sites (tertiary alicyclic amines) is 1. The van der Waals surface area contributed by atoms with Crippen molar-refractivity contribution < 1.29 is 28.3 Å². The number of morpholine rings is 1. The van der Waals surface area contributed by atoms with Crippen LogP contribution >= 0.6 is 11.6 Å². The predicted molar refractivity (Wildman–Crippen MR) is 164 cm³/mol. The normalized spacial score (nSPS) is 20.5. The van der Waals surface area contributed by atoms with Crippen molar-refractivity contribution >= 4 is 57.7 Å². The van der Waals surface area contributed by atoms with Crippen LogP contribution in [-0.4, -0.2) is 77.8 Å². The lowest BCUT2D eigenvalue weighted by Gasteiger charge is -2.29. The Hall–Kier alpha value is -3.96. The van der Waals surface area contributed by atoms with Gasteiger partial charge >= 0.3 is 0 Å². The van der Waals surface area contributed by atoms with Crippen LogP contribution in [0.15, 0.2) is 40.9 Å². The number of carbonyl (C=O) groups excluding carboxylic acids is 4. The maximum atomic E-state index is 13.6. The lowest BCUT2D eigenvalue weighted by Crippen LogP contribution is -2.41. The van der Waals surface area contributed by atoms with Gasteiger partial charge in [0.15, 0.2) is 0 Å². The number of pyridine rings is 1. The van der Waals surface area contributed by atoms with E-state index in [9.17, 15) is 19.2 Å². The SMILES string of the molecule is O=C(Nc1ccc(Cl)cn1)c1oc2ccc(CC(=O)N3CCOCC3)cc2c1NC(=O)[C@H]1CC[C@H](C(=O)N2CCCC2)CC1. The molecule has 2 aromatic heterocycles. The zero-order chi connectivity index (χ0) is 30.6. The quantitative estimate of drug-likeness (QED) is 0.397. The third kappa shape index (κ3) is 6.73. The molecule has 6 rings (SSSR count). The van der Waals surface area contributed by atoms with Crippen LogP contribution in [0.1, 0.15) is 54.6 Å². The molecule has 0 unspecified atom stereocenters. The van der Waals surface area contributed by atoms with Crippen LogP contribution in [0.25, 0.3) is 11.0 Å². The first-order valence-electron chi connectivity index (χ1n) is 15.3. The maximum absolute atomic E-state index is 13.6. The molecule has 3 aromatic rings. The number of rotatable bonds is 7. The van der Waals surface area contributed by atoms with Gasteiger partial charge in [0, 0.05) is 49.6 Å². The molecule has 2 aliphatic heterocycles. The van der Waals surface area contributed by atoms with Crippen molar-refractivity contribution in [2.24, 2.45) is 11.8 Å². The molecule has 0 atom stereocenters. The van der Waals surface area contributed by atoms with E-state index in [1.807, 2.05) is 4.90 Å². The van der Waals surface area contributed by atoms with Gasteiger partial charge in [-0.15, -0.1) is 0 Å². The van der Waals surface area contributed by atoms with Crippen LogP contribution in [0.5, 0.6) is 0 Å². The maximum Gasteiger partial charge on any atom is 0.294 e. The van der Waals surface area contributed by atoms with Gasteiger partial charge in [0.25, 0.3) is 5.91 Å². The monoisotopic (exact) mass is 621 g/mol. The molecular weight excluding hydrogens is 586 g/mol. The number of benzene rings is 1. The number of hydrogen-bond donors (Lipinski definition) is 2. The summed E-state index contributed by atoms with van der Waals surface area (Å²) in [6.45, 7) is 3.76. The van der Waals surface area contributed by atoms with E-state index >= 15 is 0 Å². The van der Waals surface area contributed by atoms with Crippen LogP contribution in [0.2, 0.25) is 5.02 Å². The molecule has 44 heavy (non-hydrogen) atoms. The van der Waals surface area contributed by atoms with Crippen molar-refractivity contribution in [2.45, 2.75) is 44.9 Å². The van der Waals surface area contributed by atoms with E-state index in [0.29, 0.717) is 68.0 Å². The minimum atomic E-state index is -0.586. The minimum absolute atomic E-state index is 0.0197. The predicted octanol–water partition coefficient (Wildman–Crippen LogP) is 4.50. The number of furan rings is 1. The number of carbonyl (C=O) groups is 4. The highest BCUT2D eigenvalue weighted by Crippen LogP contribution is 2.36. The molecule has 12 heteroatoms. The highest BCUT2D eigenvalue weighted by Gasteiger charge is 2.34. The van der Waals surface area contributed by atoms with Crippen molar-refractivity contribution in [1.82, 2.24) is 14.8 Å². The van der Waals surface area contributed by atoms with E-state index in [1.165, 1.54) is 6.20 Å². The summed E-state index contributed by atoms with van der Waals surface area (Å²) < 4.78 is 11.3. The zero-order valence-electron chi connectivity index (χ0n) is 24.5. The largest absolute Gasteiger partial charge is 0.449 e. The first-order chi connectivity index (χ1) is 21.4. The summed E-state index contributed by atoms with van der Waals surface area (Å²) in [4.78, 5) is 60.7. The average molecular weight is 622 g/mol. The number of halogens is 1. The summed E-state index contributed by atoms with van der Waals surface area (Å²) in [5.74, 6) is -0.779. The second-order valence-electron chi connectivity index (χ2n) is 11.7. The molecule has 4 heterocycles. The van der Waals surface area contributed by atoms with Crippen molar-refractivity contribution in [3.8, 4) is 0 Å². The molecule has 1 aliphatic carbocycles. The van der Waals surface area contributed by atoms with Crippen molar-refractivity contribution in [1.29, 1.82) is 0 Å². The molecule has 232 valence electrons. The molecule has 4 amide bonds. The molecular formula is C32H36ClN5O6. The van der Waals surface area contributed by atoms with E-state index in [1.54, 1.807) is 35.2 Å². The molecule has 2 saturated heterocycles. The van der Waals surface area contributed by atoms with Gasteiger partial charge in [0.2, 0.25) is 23.5 Å². The lowest BCUT2D eigenvalue weighted by atomic mass is 9.81. The number of aromatic nitrogens is 1. The topological polar surface area (TPSA) is 134 Å². The van der Waals surface area contributed by atoms with Crippen LogP contribution in [-0.2, 0) is 25.5 Å². The number of nitrogens with one attached hydrogen (secondary N) is 2. The van der Waals surface area contributed by atoms with E-state index in [-0.39, 0.29) is 53.2 Å². The Morgan fingerprint density at radius 3 is 2.32 bits per heavy atom. The summed E-state index contributed by atoms with van der Waals surface area (Å²) in [5.41, 5.74) is 1.38.